The van der Waals surface area contributed by atoms with E-state index in [0.717, 1.165) is 44.6 Å². The molecule has 2 heterocycles. The molecule has 1 atom stereocenters. The van der Waals surface area contributed by atoms with Gasteiger partial charge >= 0.3 is 0 Å². The van der Waals surface area contributed by atoms with Crippen LogP contribution in [0.2, 0.25) is 0 Å². The van der Waals surface area contributed by atoms with Gasteiger partial charge in [0.05, 0.1) is 6.10 Å². The number of carbonyl (C=O) groups is 1. The summed E-state index contributed by atoms with van der Waals surface area (Å²) in [7, 11) is 0. The molecule has 0 bridgehead atoms. The molecule has 1 saturated heterocycles. The molecule has 18 heavy (non-hydrogen) atoms. The molecule has 1 aromatic carbocycles. The summed E-state index contributed by atoms with van der Waals surface area (Å²) in [4.78, 5) is 12.6. The molecule has 0 aliphatic carbocycles. The topological polar surface area (TPSA) is 41.6 Å². The van der Waals surface area contributed by atoms with Crippen molar-refractivity contribution in [1.82, 2.24) is 4.90 Å². The second kappa shape index (κ2) is 4.98. The van der Waals surface area contributed by atoms with Crippen LogP contribution in [0.25, 0.3) is 0 Å². The van der Waals surface area contributed by atoms with Crippen molar-refractivity contribution >= 4 is 12.1 Å². The fraction of sp³-hybridized carbons (Fsp3) is 0.500. The van der Waals surface area contributed by atoms with Gasteiger partial charge in [-0.05, 0) is 30.0 Å². The lowest BCUT2D eigenvalue weighted by molar-refractivity contribution is -0.118. The minimum absolute atomic E-state index is 0.337. The lowest BCUT2D eigenvalue weighted by Crippen LogP contribution is -2.19. The third-order valence-electron chi connectivity index (χ3n) is 3.70. The summed E-state index contributed by atoms with van der Waals surface area (Å²) in [6.45, 7) is 3.19. The lowest BCUT2D eigenvalue weighted by Gasteiger charge is -2.14. The van der Waals surface area contributed by atoms with Crippen molar-refractivity contribution in [1.29, 1.82) is 0 Å². The minimum Gasteiger partial charge on any atom is -0.382 e. The third kappa shape index (κ3) is 2.20. The number of benzene rings is 1. The molecular weight excluding hydrogens is 228 g/mol. The summed E-state index contributed by atoms with van der Waals surface area (Å²) in [6.07, 6.45) is 3.56. The molecule has 4 nitrogen and oxygen atoms in total. The van der Waals surface area contributed by atoms with E-state index in [-0.39, 0.29) is 0 Å². The Kier molecular flexibility index (Phi) is 3.19. The van der Waals surface area contributed by atoms with Crippen molar-refractivity contribution in [2.45, 2.75) is 32.0 Å². The Bertz CT molecular complexity index is 441. The molecule has 4 heteroatoms. The zero-order valence-electron chi connectivity index (χ0n) is 10.4. The second-order valence-corrected chi connectivity index (χ2v) is 4.97. The highest BCUT2D eigenvalue weighted by molar-refractivity contribution is 5.60. The number of hydrogen-bond donors (Lipinski definition) is 1. The Balaban J connectivity index is 1.69. The fourth-order valence-corrected chi connectivity index (χ4v) is 2.72. The monoisotopic (exact) mass is 246 g/mol. The molecule has 1 amide bonds. The smallest absolute Gasteiger partial charge is 0.210 e. The van der Waals surface area contributed by atoms with Crippen LogP contribution in [0.15, 0.2) is 18.2 Å². The molecule has 1 N–H and O–H groups in total. The van der Waals surface area contributed by atoms with Crippen molar-refractivity contribution in [2.24, 2.45) is 0 Å². The standard InChI is InChI=1S/C14H18N2O2/c17-10-16-8-11-3-1-5-14(13(11)9-16)15-7-12-4-2-6-18-12/h1,3,5,10,12,15H,2,4,6-9H2. The number of hydrogen-bond acceptors (Lipinski definition) is 3. The van der Waals surface area contributed by atoms with Crippen molar-refractivity contribution in [3.05, 3.63) is 29.3 Å². The average molecular weight is 246 g/mol. The molecule has 2 aliphatic rings. The molecule has 2 aliphatic heterocycles. The molecule has 3 rings (SSSR count). The van der Waals surface area contributed by atoms with Gasteiger partial charge in [-0.1, -0.05) is 12.1 Å². The van der Waals surface area contributed by atoms with E-state index in [1.54, 1.807) is 4.90 Å². The van der Waals surface area contributed by atoms with Gasteiger partial charge in [0, 0.05) is 31.9 Å². The van der Waals surface area contributed by atoms with E-state index in [1.165, 1.54) is 11.1 Å². The number of rotatable bonds is 4. The molecule has 1 unspecified atom stereocenters. The van der Waals surface area contributed by atoms with Gasteiger partial charge in [-0.2, -0.15) is 0 Å². The van der Waals surface area contributed by atoms with E-state index < -0.39 is 0 Å². The Morgan fingerprint density at radius 1 is 1.44 bits per heavy atom. The number of fused-ring (bicyclic) bond motifs is 1. The normalized spacial score (nSPS) is 22.0. The number of ether oxygens (including phenoxy) is 1. The first-order chi connectivity index (χ1) is 8.86. The van der Waals surface area contributed by atoms with Gasteiger partial charge in [-0.25, -0.2) is 0 Å². The van der Waals surface area contributed by atoms with Gasteiger partial charge in [0.1, 0.15) is 0 Å². The van der Waals surface area contributed by atoms with Crippen LogP contribution in [0, 0.1) is 0 Å². The number of carbonyl (C=O) groups excluding carboxylic acids is 1. The van der Waals surface area contributed by atoms with Gasteiger partial charge < -0.3 is 15.0 Å². The van der Waals surface area contributed by atoms with E-state index in [0.29, 0.717) is 12.6 Å². The van der Waals surface area contributed by atoms with Gasteiger partial charge in [-0.15, -0.1) is 0 Å². The summed E-state index contributed by atoms with van der Waals surface area (Å²) < 4.78 is 5.61. The van der Waals surface area contributed by atoms with Crippen LogP contribution in [-0.4, -0.2) is 30.6 Å². The van der Waals surface area contributed by atoms with E-state index in [4.69, 9.17) is 4.74 Å². The molecule has 0 saturated carbocycles. The summed E-state index contributed by atoms with van der Waals surface area (Å²) in [5.74, 6) is 0. The Morgan fingerprint density at radius 2 is 2.39 bits per heavy atom. The maximum atomic E-state index is 10.8. The van der Waals surface area contributed by atoms with E-state index in [2.05, 4.69) is 17.4 Å². The van der Waals surface area contributed by atoms with Crippen LogP contribution < -0.4 is 5.32 Å². The van der Waals surface area contributed by atoms with Crippen molar-refractivity contribution in [3.8, 4) is 0 Å². The van der Waals surface area contributed by atoms with Crippen molar-refractivity contribution in [3.63, 3.8) is 0 Å². The molecule has 1 aromatic rings. The number of amides is 1. The predicted molar refractivity (Wildman–Crippen MR) is 69.2 cm³/mol. The van der Waals surface area contributed by atoms with Crippen LogP contribution in [-0.2, 0) is 22.6 Å². The van der Waals surface area contributed by atoms with Crippen LogP contribution in [0.4, 0.5) is 5.69 Å². The first-order valence-corrected chi connectivity index (χ1v) is 6.52. The average Bonchev–Trinajstić information content (AvgIpc) is 3.04. The molecule has 0 aromatic heterocycles. The number of anilines is 1. The zero-order valence-corrected chi connectivity index (χ0v) is 10.4. The summed E-state index contributed by atoms with van der Waals surface area (Å²) in [5.41, 5.74) is 3.65. The predicted octanol–water partition coefficient (Wildman–Crippen LogP) is 1.75. The van der Waals surface area contributed by atoms with Crippen LogP contribution in [0.3, 0.4) is 0 Å². The van der Waals surface area contributed by atoms with Crippen LogP contribution >= 0.6 is 0 Å². The quantitative estimate of drug-likeness (QED) is 0.823. The minimum atomic E-state index is 0.337. The van der Waals surface area contributed by atoms with Crippen molar-refractivity contribution in [2.75, 3.05) is 18.5 Å². The highest BCUT2D eigenvalue weighted by Crippen LogP contribution is 2.28. The first-order valence-electron chi connectivity index (χ1n) is 6.52. The van der Waals surface area contributed by atoms with Gasteiger partial charge in [0.2, 0.25) is 6.41 Å². The molecule has 0 radical (unpaired) electrons. The Morgan fingerprint density at radius 3 is 3.17 bits per heavy atom. The Labute approximate surface area is 107 Å². The maximum Gasteiger partial charge on any atom is 0.210 e. The second-order valence-electron chi connectivity index (χ2n) is 4.97. The van der Waals surface area contributed by atoms with E-state index in [9.17, 15) is 4.79 Å². The Hall–Kier alpha value is -1.55. The lowest BCUT2D eigenvalue weighted by atomic mass is 10.1. The molecule has 1 fully saturated rings. The number of nitrogens with zero attached hydrogens (tertiary/aromatic N) is 1. The van der Waals surface area contributed by atoms with E-state index in [1.807, 2.05) is 6.07 Å². The highest BCUT2D eigenvalue weighted by Gasteiger charge is 2.21. The number of nitrogens with one attached hydrogen (secondary N) is 1. The molecule has 0 spiro atoms. The van der Waals surface area contributed by atoms with Gasteiger partial charge in [-0.3, -0.25) is 4.79 Å². The van der Waals surface area contributed by atoms with E-state index >= 15 is 0 Å². The van der Waals surface area contributed by atoms with Crippen LogP contribution in [0.5, 0.6) is 0 Å². The zero-order chi connectivity index (χ0) is 12.4. The summed E-state index contributed by atoms with van der Waals surface area (Å²) >= 11 is 0. The van der Waals surface area contributed by atoms with Crippen LogP contribution in [0.1, 0.15) is 24.0 Å². The maximum absolute atomic E-state index is 10.8. The highest BCUT2D eigenvalue weighted by atomic mass is 16.5. The largest absolute Gasteiger partial charge is 0.382 e. The van der Waals surface area contributed by atoms with Crippen molar-refractivity contribution < 1.29 is 9.53 Å². The van der Waals surface area contributed by atoms with Gasteiger partial charge in [0.25, 0.3) is 0 Å². The summed E-state index contributed by atoms with van der Waals surface area (Å²) in [6, 6.07) is 6.23. The van der Waals surface area contributed by atoms with Gasteiger partial charge in [0.15, 0.2) is 0 Å². The molecule has 96 valence electrons. The SMILES string of the molecule is O=CN1Cc2cccc(NCC3CCCO3)c2C1. The fourth-order valence-electron chi connectivity index (χ4n) is 2.72. The summed E-state index contributed by atoms with van der Waals surface area (Å²) in [5, 5.41) is 3.46. The third-order valence-corrected chi connectivity index (χ3v) is 3.70. The molecular formula is C14H18N2O2. The first kappa shape index (κ1) is 11.5.